The molecular formula is C18H18ClN3O2S. The Labute approximate surface area is 152 Å². The normalized spacial score (nSPS) is 11.7. The molecule has 0 saturated heterocycles. The third-order valence-electron chi connectivity index (χ3n) is 3.70. The second-order valence-corrected chi connectivity index (χ2v) is 8.01. The highest BCUT2D eigenvalue weighted by Crippen LogP contribution is 2.29. The average Bonchev–Trinajstić information content (AvgIpc) is 3.07. The molecule has 0 radical (unpaired) electrons. The number of hydrogen-bond donors (Lipinski definition) is 1. The highest BCUT2D eigenvalue weighted by Gasteiger charge is 2.18. The number of rotatable bonds is 5. The highest BCUT2D eigenvalue weighted by atomic mass is 35.5. The number of hydrogen-bond acceptors (Lipinski definition) is 3. The third-order valence-corrected chi connectivity index (χ3v) is 5.32. The molecule has 25 heavy (non-hydrogen) atoms. The summed E-state index contributed by atoms with van der Waals surface area (Å²) < 4.78 is 29.8. The first-order valence-corrected chi connectivity index (χ1v) is 9.65. The van der Waals surface area contributed by atoms with Gasteiger partial charge in [0.15, 0.2) is 0 Å². The van der Waals surface area contributed by atoms with Crippen molar-refractivity contribution in [1.29, 1.82) is 0 Å². The molecule has 0 amide bonds. The number of nitrogens with zero attached hydrogens (tertiary/aromatic N) is 2. The molecule has 0 fully saturated rings. The van der Waals surface area contributed by atoms with Gasteiger partial charge in [-0.2, -0.15) is 0 Å². The summed E-state index contributed by atoms with van der Waals surface area (Å²) in [5.41, 5.74) is 1.07. The van der Waals surface area contributed by atoms with Crippen molar-refractivity contribution in [2.75, 3.05) is 4.72 Å². The van der Waals surface area contributed by atoms with Gasteiger partial charge in [-0.15, -0.1) is 0 Å². The zero-order chi connectivity index (χ0) is 18.0. The molecule has 1 aromatic heterocycles. The van der Waals surface area contributed by atoms with Crippen LogP contribution in [0.4, 0.5) is 5.69 Å². The number of aromatic nitrogens is 2. The molecule has 0 aliphatic rings. The predicted octanol–water partition coefficient (Wildman–Crippen LogP) is 4.45. The molecule has 130 valence electrons. The molecule has 1 heterocycles. The maximum atomic E-state index is 12.7. The minimum atomic E-state index is -3.70. The maximum Gasteiger partial charge on any atom is 0.261 e. The molecular weight excluding hydrogens is 358 g/mol. The molecule has 0 spiro atoms. The van der Waals surface area contributed by atoms with E-state index in [2.05, 4.69) is 9.71 Å². The van der Waals surface area contributed by atoms with E-state index in [1.807, 2.05) is 18.4 Å². The molecule has 3 rings (SSSR count). The number of imidazole rings is 1. The Kier molecular flexibility index (Phi) is 4.83. The Balaban J connectivity index is 2.08. The lowest BCUT2D eigenvalue weighted by atomic mass is 10.2. The van der Waals surface area contributed by atoms with Crippen molar-refractivity contribution in [2.45, 2.75) is 24.7 Å². The fourth-order valence-electron chi connectivity index (χ4n) is 2.54. The van der Waals surface area contributed by atoms with Crippen LogP contribution in [0.3, 0.4) is 0 Å². The molecule has 0 aliphatic heterocycles. The topological polar surface area (TPSA) is 64.0 Å². The second-order valence-electron chi connectivity index (χ2n) is 5.89. The summed E-state index contributed by atoms with van der Waals surface area (Å²) in [7, 11) is -3.70. The van der Waals surface area contributed by atoms with Gasteiger partial charge in [-0.25, -0.2) is 13.4 Å². The average molecular weight is 376 g/mol. The van der Waals surface area contributed by atoms with E-state index >= 15 is 0 Å². The minimum Gasteiger partial charge on any atom is -0.301 e. The number of anilines is 1. The van der Waals surface area contributed by atoms with Crippen LogP contribution in [0.2, 0.25) is 5.02 Å². The first-order valence-electron chi connectivity index (χ1n) is 7.79. The van der Waals surface area contributed by atoms with Crippen LogP contribution in [0.15, 0.2) is 65.8 Å². The van der Waals surface area contributed by atoms with E-state index < -0.39 is 10.0 Å². The van der Waals surface area contributed by atoms with Crippen LogP contribution in [0.5, 0.6) is 0 Å². The first-order chi connectivity index (χ1) is 11.9. The number of halogens is 1. The molecule has 3 aromatic rings. The van der Waals surface area contributed by atoms with E-state index in [1.165, 1.54) is 0 Å². The summed E-state index contributed by atoms with van der Waals surface area (Å²) in [6, 6.07) is 13.3. The van der Waals surface area contributed by atoms with Crippen molar-refractivity contribution in [3.8, 4) is 5.69 Å². The van der Waals surface area contributed by atoms with E-state index in [9.17, 15) is 8.42 Å². The summed E-state index contributed by atoms with van der Waals surface area (Å²) >= 11 is 6.14. The molecule has 1 N–H and O–H groups in total. The maximum absolute atomic E-state index is 12.7. The van der Waals surface area contributed by atoms with Gasteiger partial charge in [0.25, 0.3) is 10.0 Å². The van der Waals surface area contributed by atoms with Crippen molar-refractivity contribution in [3.63, 3.8) is 0 Å². The van der Waals surface area contributed by atoms with Crippen LogP contribution in [0.1, 0.15) is 25.6 Å². The van der Waals surface area contributed by atoms with Gasteiger partial charge in [0.05, 0.1) is 16.3 Å². The summed E-state index contributed by atoms with van der Waals surface area (Å²) in [4.78, 5) is 4.56. The summed E-state index contributed by atoms with van der Waals surface area (Å²) in [5.74, 6) is 0.995. The van der Waals surface area contributed by atoms with E-state index in [1.54, 1.807) is 60.9 Å². The summed E-state index contributed by atoms with van der Waals surface area (Å²) in [6.45, 7) is 4.05. The standard InChI is InChI=1S/C18H18ClN3O2S/c1-13(2)18-20-10-11-22(18)17-12-14(19)8-9-16(17)21-25(23,24)15-6-4-3-5-7-15/h3-13,21H,1-2H3. The fraction of sp³-hybridized carbons (Fsp3) is 0.167. The Morgan fingerprint density at radius 2 is 1.84 bits per heavy atom. The third kappa shape index (κ3) is 3.70. The molecule has 0 bridgehead atoms. The summed E-state index contributed by atoms with van der Waals surface area (Å²) in [6.07, 6.45) is 3.48. The monoisotopic (exact) mass is 375 g/mol. The molecule has 5 nitrogen and oxygen atoms in total. The smallest absolute Gasteiger partial charge is 0.261 e. The molecule has 0 aliphatic carbocycles. The largest absolute Gasteiger partial charge is 0.301 e. The summed E-state index contributed by atoms with van der Waals surface area (Å²) in [5, 5.41) is 0.515. The van der Waals surface area contributed by atoms with Crippen LogP contribution in [-0.4, -0.2) is 18.0 Å². The van der Waals surface area contributed by atoms with Crippen LogP contribution < -0.4 is 4.72 Å². The zero-order valence-electron chi connectivity index (χ0n) is 13.8. The van der Waals surface area contributed by atoms with Gasteiger partial charge in [-0.1, -0.05) is 43.6 Å². The minimum absolute atomic E-state index is 0.174. The number of nitrogens with one attached hydrogen (secondary N) is 1. The van der Waals surface area contributed by atoms with Crippen molar-refractivity contribution >= 4 is 27.3 Å². The molecule has 2 aromatic carbocycles. The Hall–Kier alpha value is -2.31. The van der Waals surface area contributed by atoms with Gasteiger partial charge in [0, 0.05) is 23.3 Å². The van der Waals surface area contributed by atoms with E-state index in [4.69, 9.17) is 11.6 Å². The number of sulfonamides is 1. The van der Waals surface area contributed by atoms with Crippen LogP contribution in [0, 0.1) is 0 Å². The second kappa shape index (κ2) is 6.90. The molecule has 7 heteroatoms. The van der Waals surface area contributed by atoms with E-state index in [0.29, 0.717) is 16.4 Å². The highest BCUT2D eigenvalue weighted by molar-refractivity contribution is 7.92. The van der Waals surface area contributed by atoms with Crippen molar-refractivity contribution in [2.24, 2.45) is 0 Å². The van der Waals surface area contributed by atoms with Gasteiger partial charge >= 0.3 is 0 Å². The molecule has 0 atom stereocenters. The van der Waals surface area contributed by atoms with Gasteiger partial charge in [-0.3, -0.25) is 4.72 Å². The van der Waals surface area contributed by atoms with E-state index in [-0.39, 0.29) is 10.8 Å². The molecule has 0 saturated carbocycles. The Morgan fingerprint density at radius 1 is 1.12 bits per heavy atom. The van der Waals surface area contributed by atoms with Crippen molar-refractivity contribution in [1.82, 2.24) is 9.55 Å². The Bertz CT molecular complexity index is 983. The predicted molar refractivity (Wildman–Crippen MR) is 99.9 cm³/mol. The van der Waals surface area contributed by atoms with Crippen LogP contribution in [0.25, 0.3) is 5.69 Å². The van der Waals surface area contributed by atoms with E-state index in [0.717, 1.165) is 5.82 Å². The van der Waals surface area contributed by atoms with Gasteiger partial charge < -0.3 is 4.57 Å². The van der Waals surface area contributed by atoms with Crippen LogP contribution in [-0.2, 0) is 10.0 Å². The zero-order valence-corrected chi connectivity index (χ0v) is 15.4. The lowest BCUT2D eigenvalue weighted by molar-refractivity contribution is 0.601. The van der Waals surface area contributed by atoms with Crippen molar-refractivity contribution in [3.05, 3.63) is 71.8 Å². The fourth-order valence-corrected chi connectivity index (χ4v) is 3.80. The SMILES string of the molecule is CC(C)c1nccn1-c1cc(Cl)ccc1NS(=O)(=O)c1ccccc1. The quantitative estimate of drug-likeness (QED) is 0.716. The number of benzene rings is 2. The lowest BCUT2D eigenvalue weighted by Gasteiger charge is -2.16. The van der Waals surface area contributed by atoms with Gasteiger partial charge in [0.2, 0.25) is 0 Å². The van der Waals surface area contributed by atoms with Crippen LogP contribution >= 0.6 is 11.6 Å². The van der Waals surface area contributed by atoms with Gasteiger partial charge in [0.1, 0.15) is 5.82 Å². The first kappa shape index (κ1) is 17.5. The lowest BCUT2D eigenvalue weighted by Crippen LogP contribution is -2.15. The Morgan fingerprint density at radius 3 is 2.52 bits per heavy atom. The molecule has 0 unspecified atom stereocenters. The van der Waals surface area contributed by atoms with Crippen molar-refractivity contribution < 1.29 is 8.42 Å². The van der Waals surface area contributed by atoms with Gasteiger partial charge in [-0.05, 0) is 30.3 Å².